The zero-order valence-electron chi connectivity index (χ0n) is 10.1. The summed E-state index contributed by atoms with van der Waals surface area (Å²) in [6, 6.07) is 0. The maximum atomic E-state index is 5.84. The van der Waals surface area contributed by atoms with Crippen LogP contribution in [0.5, 0.6) is 0 Å². The molecule has 0 unspecified atom stereocenters. The van der Waals surface area contributed by atoms with E-state index in [1.165, 1.54) is 0 Å². The standard InChI is InChI=1S/C11H16BNO2S/c1-10(2)11(3,4)15-12(14-10)6-5-9-7-13-8-16-9/h5-8H,1-4H3/b6-5+. The highest BCUT2D eigenvalue weighted by Gasteiger charge is 2.49. The second-order valence-corrected chi connectivity index (χ2v) is 5.81. The molecule has 1 aromatic rings. The molecule has 5 heteroatoms. The number of aromatic nitrogens is 1. The molecule has 0 aliphatic carbocycles. The third-order valence-electron chi connectivity index (χ3n) is 3.14. The van der Waals surface area contributed by atoms with Gasteiger partial charge in [0.15, 0.2) is 0 Å². The second kappa shape index (κ2) is 3.98. The summed E-state index contributed by atoms with van der Waals surface area (Å²) in [6.45, 7) is 8.20. The van der Waals surface area contributed by atoms with Crippen molar-refractivity contribution in [2.24, 2.45) is 0 Å². The summed E-state index contributed by atoms with van der Waals surface area (Å²) in [5, 5.41) is 0. The van der Waals surface area contributed by atoms with Gasteiger partial charge in [-0.25, -0.2) is 0 Å². The van der Waals surface area contributed by atoms with Crippen LogP contribution in [0.2, 0.25) is 0 Å². The molecule has 86 valence electrons. The van der Waals surface area contributed by atoms with E-state index in [0.717, 1.165) is 4.88 Å². The Bertz CT molecular complexity index is 371. The zero-order valence-corrected chi connectivity index (χ0v) is 10.9. The first kappa shape index (κ1) is 11.8. The summed E-state index contributed by atoms with van der Waals surface area (Å²) in [5.41, 5.74) is 1.27. The molecule has 16 heavy (non-hydrogen) atoms. The number of hydrogen-bond donors (Lipinski definition) is 0. The van der Waals surface area contributed by atoms with Crippen LogP contribution in [-0.4, -0.2) is 23.3 Å². The maximum absolute atomic E-state index is 5.84. The van der Waals surface area contributed by atoms with Crippen LogP contribution < -0.4 is 0 Å². The summed E-state index contributed by atoms with van der Waals surface area (Å²) in [5.74, 6) is 1.93. The predicted molar refractivity (Wildman–Crippen MR) is 67.2 cm³/mol. The highest BCUT2D eigenvalue weighted by atomic mass is 32.1. The van der Waals surface area contributed by atoms with Crippen molar-refractivity contribution in [3.63, 3.8) is 0 Å². The van der Waals surface area contributed by atoms with E-state index in [1.54, 1.807) is 11.3 Å². The first-order valence-electron chi connectivity index (χ1n) is 5.33. The summed E-state index contributed by atoms with van der Waals surface area (Å²) >= 11 is 1.60. The normalized spacial score (nSPS) is 23.1. The Morgan fingerprint density at radius 1 is 1.25 bits per heavy atom. The Morgan fingerprint density at radius 3 is 2.38 bits per heavy atom. The lowest BCUT2D eigenvalue weighted by Gasteiger charge is -2.32. The second-order valence-electron chi connectivity index (χ2n) is 4.89. The van der Waals surface area contributed by atoms with E-state index in [9.17, 15) is 0 Å². The molecule has 0 N–H and O–H groups in total. The Morgan fingerprint density at radius 2 is 1.88 bits per heavy atom. The van der Waals surface area contributed by atoms with Crippen LogP contribution in [0.3, 0.4) is 0 Å². The SMILES string of the molecule is CC1(C)OB(/C=C/c2cncs2)OC1(C)C. The molecule has 0 radical (unpaired) electrons. The van der Waals surface area contributed by atoms with Gasteiger partial charge in [-0.15, -0.1) is 11.3 Å². The van der Waals surface area contributed by atoms with Crippen molar-refractivity contribution in [2.45, 2.75) is 38.9 Å². The molecule has 0 saturated carbocycles. The van der Waals surface area contributed by atoms with E-state index in [2.05, 4.69) is 4.98 Å². The molecule has 0 spiro atoms. The van der Waals surface area contributed by atoms with Gasteiger partial charge in [-0.3, -0.25) is 4.98 Å². The molecule has 1 saturated heterocycles. The number of thiazole rings is 1. The Labute approximate surface area is 101 Å². The minimum absolute atomic E-state index is 0.268. The molecule has 2 heterocycles. The Kier molecular flexibility index (Phi) is 2.94. The summed E-state index contributed by atoms with van der Waals surface area (Å²) in [6.07, 6.45) is 3.81. The monoisotopic (exact) mass is 237 g/mol. The van der Waals surface area contributed by atoms with Crippen LogP contribution in [0.15, 0.2) is 17.7 Å². The van der Waals surface area contributed by atoms with Gasteiger partial charge in [-0.2, -0.15) is 0 Å². The van der Waals surface area contributed by atoms with Crippen molar-refractivity contribution in [3.8, 4) is 0 Å². The lowest BCUT2D eigenvalue weighted by atomic mass is 9.90. The van der Waals surface area contributed by atoms with Gasteiger partial charge < -0.3 is 9.31 Å². The average molecular weight is 237 g/mol. The van der Waals surface area contributed by atoms with Crippen LogP contribution >= 0.6 is 11.3 Å². The predicted octanol–water partition coefficient (Wildman–Crippen LogP) is 2.79. The molecular weight excluding hydrogens is 221 g/mol. The smallest absolute Gasteiger partial charge is 0.400 e. The molecule has 0 aromatic carbocycles. The highest BCUT2D eigenvalue weighted by molar-refractivity contribution is 7.10. The van der Waals surface area contributed by atoms with E-state index in [1.807, 2.05) is 51.5 Å². The van der Waals surface area contributed by atoms with Gasteiger partial charge in [0.1, 0.15) is 0 Å². The molecule has 1 aliphatic rings. The molecule has 2 rings (SSSR count). The molecule has 3 nitrogen and oxygen atoms in total. The van der Waals surface area contributed by atoms with Crippen molar-refractivity contribution in [1.29, 1.82) is 0 Å². The van der Waals surface area contributed by atoms with Gasteiger partial charge >= 0.3 is 7.12 Å². The first-order chi connectivity index (χ1) is 7.41. The number of rotatable bonds is 2. The molecule has 1 fully saturated rings. The fourth-order valence-electron chi connectivity index (χ4n) is 1.45. The summed E-state index contributed by atoms with van der Waals surface area (Å²) < 4.78 is 11.7. The van der Waals surface area contributed by atoms with Gasteiger partial charge in [-0.1, -0.05) is 12.1 Å². The van der Waals surface area contributed by atoms with Crippen LogP contribution in [-0.2, 0) is 9.31 Å². The average Bonchev–Trinajstić information content (AvgIpc) is 2.70. The fourth-order valence-corrected chi connectivity index (χ4v) is 1.97. The van der Waals surface area contributed by atoms with Crippen molar-refractivity contribution in [1.82, 2.24) is 4.98 Å². The molecule has 0 amide bonds. The lowest BCUT2D eigenvalue weighted by Crippen LogP contribution is -2.41. The van der Waals surface area contributed by atoms with Gasteiger partial charge in [0.2, 0.25) is 0 Å². The third kappa shape index (κ3) is 2.21. The van der Waals surface area contributed by atoms with E-state index in [0.29, 0.717) is 0 Å². The van der Waals surface area contributed by atoms with Crippen LogP contribution in [0, 0.1) is 0 Å². The number of hydrogen-bond acceptors (Lipinski definition) is 4. The van der Waals surface area contributed by atoms with Crippen molar-refractivity contribution in [3.05, 3.63) is 22.6 Å². The van der Waals surface area contributed by atoms with Gasteiger partial charge in [0.05, 0.1) is 16.7 Å². The molecule has 1 aliphatic heterocycles. The third-order valence-corrected chi connectivity index (χ3v) is 3.88. The largest absolute Gasteiger partial charge is 0.487 e. The number of nitrogens with zero attached hydrogens (tertiary/aromatic N) is 1. The van der Waals surface area contributed by atoms with Crippen LogP contribution in [0.4, 0.5) is 0 Å². The summed E-state index contributed by atoms with van der Waals surface area (Å²) in [4.78, 5) is 5.12. The van der Waals surface area contributed by atoms with E-state index < -0.39 is 0 Å². The zero-order chi connectivity index (χ0) is 11.8. The summed E-state index contributed by atoms with van der Waals surface area (Å²) in [7, 11) is -0.271. The Hall–Kier alpha value is -0.645. The van der Waals surface area contributed by atoms with E-state index in [-0.39, 0.29) is 18.3 Å². The van der Waals surface area contributed by atoms with Gasteiger partial charge in [-0.05, 0) is 27.7 Å². The maximum Gasteiger partial charge on any atom is 0.487 e. The van der Waals surface area contributed by atoms with Crippen molar-refractivity contribution >= 4 is 24.5 Å². The Balaban J connectivity index is 2.05. The fraction of sp³-hybridized carbons (Fsp3) is 0.545. The lowest BCUT2D eigenvalue weighted by molar-refractivity contribution is 0.00578. The topological polar surface area (TPSA) is 31.4 Å². The van der Waals surface area contributed by atoms with Crippen molar-refractivity contribution < 1.29 is 9.31 Å². The van der Waals surface area contributed by atoms with E-state index in [4.69, 9.17) is 9.31 Å². The van der Waals surface area contributed by atoms with Gasteiger partial charge in [0.25, 0.3) is 0 Å². The molecule has 1 aromatic heterocycles. The first-order valence-corrected chi connectivity index (χ1v) is 6.21. The van der Waals surface area contributed by atoms with Crippen LogP contribution in [0.1, 0.15) is 32.6 Å². The minimum atomic E-state index is -0.271. The van der Waals surface area contributed by atoms with Crippen molar-refractivity contribution in [2.75, 3.05) is 0 Å². The van der Waals surface area contributed by atoms with Crippen LogP contribution in [0.25, 0.3) is 6.08 Å². The van der Waals surface area contributed by atoms with E-state index >= 15 is 0 Å². The van der Waals surface area contributed by atoms with Gasteiger partial charge in [0, 0.05) is 11.1 Å². The molecule has 0 bridgehead atoms. The highest BCUT2D eigenvalue weighted by Crippen LogP contribution is 2.37. The molecular formula is C11H16BNO2S. The minimum Gasteiger partial charge on any atom is -0.400 e. The quantitative estimate of drug-likeness (QED) is 0.741. The molecule has 0 atom stereocenters.